The second-order valence-corrected chi connectivity index (χ2v) is 9.05. The summed E-state index contributed by atoms with van der Waals surface area (Å²) < 4.78 is 0. The fraction of sp³-hybridized carbons (Fsp3) is 0.269. The first-order chi connectivity index (χ1) is 16.7. The molecule has 5 heterocycles. The van der Waals surface area contributed by atoms with Gasteiger partial charge in [0.1, 0.15) is 5.69 Å². The van der Waals surface area contributed by atoms with Gasteiger partial charge in [-0.3, -0.25) is 24.8 Å². The van der Waals surface area contributed by atoms with Crippen LogP contribution in [0.1, 0.15) is 38.5 Å². The molecule has 0 aliphatic heterocycles. The van der Waals surface area contributed by atoms with E-state index in [-0.39, 0.29) is 5.91 Å². The second-order valence-electron chi connectivity index (χ2n) is 9.05. The SMILES string of the molecule is O=C(CC1CCCCC1)Nc1cncc(-c2cc3c(-c4cc5cnccc5[nH]4)n[nH]c3cn2)c1. The summed E-state index contributed by atoms with van der Waals surface area (Å²) in [6.45, 7) is 0. The predicted molar refractivity (Wildman–Crippen MR) is 132 cm³/mol. The van der Waals surface area contributed by atoms with Crippen molar-refractivity contribution in [3.8, 4) is 22.6 Å². The Bertz CT molecular complexity index is 1450. The highest BCUT2D eigenvalue weighted by Crippen LogP contribution is 2.31. The average Bonchev–Trinajstić information content (AvgIpc) is 3.48. The lowest BCUT2D eigenvalue weighted by atomic mass is 9.87. The highest BCUT2D eigenvalue weighted by atomic mass is 16.1. The first-order valence-corrected chi connectivity index (χ1v) is 11.8. The Labute approximate surface area is 196 Å². The molecule has 34 heavy (non-hydrogen) atoms. The molecule has 0 aromatic carbocycles. The lowest BCUT2D eigenvalue weighted by molar-refractivity contribution is -0.117. The van der Waals surface area contributed by atoms with Crippen molar-refractivity contribution >= 4 is 33.4 Å². The van der Waals surface area contributed by atoms with Gasteiger partial charge in [-0.15, -0.1) is 0 Å². The molecule has 0 saturated heterocycles. The molecule has 0 bridgehead atoms. The molecule has 1 amide bonds. The van der Waals surface area contributed by atoms with Crippen LogP contribution >= 0.6 is 0 Å². The van der Waals surface area contributed by atoms with Crippen LogP contribution in [0.3, 0.4) is 0 Å². The maximum Gasteiger partial charge on any atom is 0.224 e. The average molecular weight is 452 g/mol. The van der Waals surface area contributed by atoms with E-state index in [9.17, 15) is 4.79 Å². The van der Waals surface area contributed by atoms with Crippen molar-refractivity contribution in [3.63, 3.8) is 0 Å². The molecule has 3 N–H and O–H groups in total. The number of aromatic nitrogens is 6. The number of pyridine rings is 3. The Kier molecular flexibility index (Phi) is 5.25. The Morgan fingerprint density at radius 1 is 1.00 bits per heavy atom. The van der Waals surface area contributed by atoms with Gasteiger partial charge in [-0.25, -0.2) is 0 Å². The summed E-state index contributed by atoms with van der Waals surface area (Å²) in [6, 6.07) is 7.92. The molecular formula is C26H25N7O. The maximum absolute atomic E-state index is 12.6. The van der Waals surface area contributed by atoms with Gasteiger partial charge in [-0.05, 0) is 43.0 Å². The van der Waals surface area contributed by atoms with E-state index in [1.807, 2.05) is 30.5 Å². The van der Waals surface area contributed by atoms with Gasteiger partial charge >= 0.3 is 0 Å². The Hall–Kier alpha value is -4.07. The number of aromatic amines is 2. The van der Waals surface area contributed by atoms with Crippen molar-refractivity contribution in [3.05, 3.63) is 55.2 Å². The lowest BCUT2D eigenvalue weighted by Gasteiger charge is -2.20. The number of H-pyrrole nitrogens is 2. The van der Waals surface area contributed by atoms with E-state index in [4.69, 9.17) is 0 Å². The molecular weight excluding hydrogens is 426 g/mol. The number of hydrogen-bond acceptors (Lipinski definition) is 5. The molecule has 0 atom stereocenters. The second kappa shape index (κ2) is 8.70. The molecule has 8 heteroatoms. The smallest absolute Gasteiger partial charge is 0.224 e. The summed E-state index contributed by atoms with van der Waals surface area (Å²) in [4.78, 5) is 29.1. The van der Waals surface area contributed by atoms with Gasteiger partial charge in [0.05, 0.1) is 35.0 Å². The standard InChI is InChI=1S/C26H25N7O/c34-25(8-16-4-2-1-3-5-16)30-19-9-17(13-28-14-19)22-11-20-24(15-29-22)32-33-26(20)23-10-18-12-27-7-6-21(18)31-23/h6-7,9-16,31H,1-5,8H2,(H,30,34)(H,32,33). The molecule has 0 spiro atoms. The topological polar surface area (TPSA) is 112 Å². The first kappa shape index (κ1) is 20.5. The largest absolute Gasteiger partial charge is 0.353 e. The minimum atomic E-state index is 0.0553. The van der Waals surface area contributed by atoms with Crippen LogP contribution in [-0.2, 0) is 4.79 Å². The van der Waals surface area contributed by atoms with E-state index in [0.29, 0.717) is 18.0 Å². The summed E-state index contributed by atoms with van der Waals surface area (Å²) in [6.07, 6.45) is 15.4. The van der Waals surface area contributed by atoms with Gasteiger partial charge in [-0.2, -0.15) is 5.10 Å². The minimum absolute atomic E-state index is 0.0553. The minimum Gasteiger partial charge on any atom is -0.353 e. The monoisotopic (exact) mass is 451 g/mol. The zero-order valence-electron chi connectivity index (χ0n) is 18.7. The molecule has 170 valence electrons. The fourth-order valence-corrected chi connectivity index (χ4v) is 4.89. The van der Waals surface area contributed by atoms with Crippen molar-refractivity contribution < 1.29 is 4.79 Å². The molecule has 5 aromatic heterocycles. The summed E-state index contributed by atoms with van der Waals surface area (Å²) in [5, 5.41) is 12.6. The summed E-state index contributed by atoms with van der Waals surface area (Å²) in [5.74, 6) is 0.550. The number of nitrogens with zero attached hydrogens (tertiary/aromatic N) is 4. The molecule has 1 fully saturated rings. The molecule has 6 rings (SSSR count). The number of amides is 1. The Morgan fingerprint density at radius 2 is 1.91 bits per heavy atom. The summed E-state index contributed by atoms with van der Waals surface area (Å²) in [7, 11) is 0. The molecule has 1 aliphatic carbocycles. The van der Waals surface area contributed by atoms with Crippen LogP contribution in [0.5, 0.6) is 0 Å². The van der Waals surface area contributed by atoms with Crippen LogP contribution in [0.25, 0.3) is 44.5 Å². The zero-order chi connectivity index (χ0) is 22.9. The van der Waals surface area contributed by atoms with Gasteiger partial charge in [-0.1, -0.05) is 19.3 Å². The van der Waals surface area contributed by atoms with Crippen LogP contribution in [0.15, 0.2) is 55.2 Å². The van der Waals surface area contributed by atoms with Crippen molar-refractivity contribution in [1.29, 1.82) is 0 Å². The number of hydrogen-bond donors (Lipinski definition) is 3. The summed E-state index contributed by atoms with van der Waals surface area (Å²) in [5.41, 5.74) is 5.88. The number of carbonyl (C=O) groups is 1. The zero-order valence-corrected chi connectivity index (χ0v) is 18.7. The van der Waals surface area contributed by atoms with Crippen LogP contribution in [0.2, 0.25) is 0 Å². The maximum atomic E-state index is 12.6. The predicted octanol–water partition coefficient (Wildman–Crippen LogP) is 5.47. The number of anilines is 1. The molecule has 0 unspecified atom stereocenters. The van der Waals surface area contributed by atoms with Crippen molar-refractivity contribution in [2.75, 3.05) is 5.32 Å². The van der Waals surface area contributed by atoms with Crippen molar-refractivity contribution in [2.24, 2.45) is 5.92 Å². The van der Waals surface area contributed by atoms with Crippen molar-refractivity contribution in [2.45, 2.75) is 38.5 Å². The fourth-order valence-electron chi connectivity index (χ4n) is 4.89. The highest BCUT2D eigenvalue weighted by molar-refractivity contribution is 5.97. The van der Waals surface area contributed by atoms with Gasteiger partial charge in [0, 0.05) is 46.9 Å². The van der Waals surface area contributed by atoms with Gasteiger partial charge in [0.2, 0.25) is 5.91 Å². The van der Waals surface area contributed by atoms with E-state index >= 15 is 0 Å². The molecule has 1 aliphatic rings. The molecule has 0 radical (unpaired) electrons. The van der Waals surface area contributed by atoms with Gasteiger partial charge in [0.25, 0.3) is 0 Å². The van der Waals surface area contributed by atoms with Crippen molar-refractivity contribution in [1.82, 2.24) is 30.1 Å². The van der Waals surface area contributed by atoms with Crippen LogP contribution in [0, 0.1) is 5.92 Å². The number of carbonyl (C=O) groups excluding carboxylic acids is 1. The number of nitrogens with one attached hydrogen (secondary N) is 3. The van der Waals surface area contributed by atoms with Gasteiger partial charge in [0.15, 0.2) is 0 Å². The third-order valence-corrected chi connectivity index (χ3v) is 6.64. The van der Waals surface area contributed by atoms with E-state index in [1.54, 1.807) is 24.8 Å². The third-order valence-electron chi connectivity index (χ3n) is 6.64. The number of rotatable bonds is 5. The highest BCUT2D eigenvalue weighted by Gasteiger charge is 2.18. The van der Waals surface area contributed by atoms with Crippen LogP contribution in [0.4, 0.5) is 5.69 Å². The summed E-state index contributed by atoms with van der Waals surface area (Å²) >= 11 is 0. The van der Waals surface area contributed by atoms with Gasteiger partial charge < -0.3 is 10.3 Å². The van der Waals surface area contributed by atoms with E-state index in [1.165, 1.54) is 19.3 Å². The molecule has 8 nitrogen and oxygen atoms in total. The quantitative estimate of drug-likeness (QED) is 0.328. The lowest BCUT2D eigenvalue weighted by Crippen LogP contribution is -2.18. The van der Waals surface area contributed by atoms with E-state index in [2.05, 4.69) is 35.5 Å². The normalized spacial score (nSPS) is 14.6. The van der Waals surface area contributed by atoms with Crippen LogP contribution < -0.4 is 5.32 Å². The molecule has 5 aromatic rings. The Balaban J connectivity index is 1.27. The first-order valence-electron chi connectivity index (χ1n) is 11.8. The number of fused-ring (bicyclic) bond motifs is 2. The molecule has 1 saturated carbocycles. The van der Waals surface area contributed by atoms with E-state index in [0.717, 1.165) is 57.3 Å². The van der Waals surface area contributed by atoms with E-state index < -0.39 is 0 Å². The van der Waals surface area contributed by atoms with Crippen LogP contribution in [-0.4, -0.2) is 36.0 Å². The Morgan fingerprint density at radius 3 is 2.79 bits per heavy atom. The third kappa shape index (κ3) is 4.03.